The molecule has 3 aromatic rings. The molecule has 0 radical (unpaired) electrons. The molecule has 0 aliphatic carbocycles. The number of aromatic nitrogens is 2. The Morgan fingerprint density at radius 1 is 1.14 bits per heavy atom. The van der Waals surface area contributed by atoms with Gasteiger partial charge < -0.3 is 5.73 Å². The number of hydrogen-bond acceptors (Lipinski definition) is 4. The first-order chi connectivity index (χ1) is 10.1. The molecule has 0 saturated carbocycles. The molecule has 0 saturated heterocycles. The first-order valence-electron chi connectivity index (χ1n) is 6.46. The maximum atomic E-state index is 11.3. The molecule has 3 rings (SSSR count). The molecule has 0 atom stereocenters. The van der Waals surface area contributed by atoms with E-state index in [0.717, 1.165) is 16.6 Å². The second-order valence-electron chi connectivity index (χ2n) is 4.74. The minimum absolute atomic E-state index is 0.0229. The van der Waals surface area contributed by atoms with Crippen molar-refractivity contribution in [1.82, 2.24) is 9.55 Å². The highest BCUT2D eigenvalue weighted by Gasteiger charge is 2.08. The maximum absolute atomic E-state index is 11.3. The van der Waals surface area contributed by atoms with Crippen LogP contribution in [0, 0.1) is 4.77 Å². The molecule has 4 nitrogen and oxygen atoms in total. The van der Waals surface area contributed by atoms with Crippen LogP contribution in [0.1, 0.15) is 17.3 Å². The monoisotopic (exact) mass is 295 g/mol. The number of hydrogen-bond donors (Lipinski definition) is 1. The van der Waals surface area contributed by atoms with Crippen LogP contribution in [0.15, 0.2) is 48.5 Å². The average molecular weight is 295 g/mol. The van der Waals surface area contributed by atoms with E-state index in [1.54, 1.807) is 16.7 Å². The Balaban J connectivity index is 2.24. The number of fused-ring (bicyclic) bond motifs is 1. The number of benzene rings is 2. The van der Waals surface area contributed by atoms with Crippen LogP contribution in [0.3, 0.4) is 0 Å². The standard InChI is InChI=1S/C16H13N3OS/c1-10(20)11-6-8-12(9-7-11)19-15(17)13-4-2-3-5-14(13)18-16(19)21/h2-9H,17H2,1H3. The number of Topliss-reactive ketones (excluding diaryl/α,β-unsaturated/α-hetero) is 1. The zero-order valence-electron chi connectivity index (χ0n) is 11.4. The summed E-state index contributed by atoms with van der Waals surface area (Å²) in [5, 5.41) is 0.849. The number of nitrogens with zero attached hydrogens (tertiary/aromatic N) is 2. The van der Waals surface area contributed by atoms with E-state index in [2.05, 4.69) is 4.98 Å². The predicted octanol–water partition coefficient (Wildman–Crippen LogP) is 3.54. The molecule has 2 aromatic carbocycles. The number of ketones is 1. The van der Waals surface area contributed by atoms with Crippen molar-refractivity contribution in [2.75, 3.05) is 5.73 Å². The van der Waals surface area contributed by atoms with Crippen molar-refractivity contribution >= 4 is 34.7 Å². The van der Waals surface area contributed by atoms with E-state index in [4.69, 9.17) is 18.0 Å². The highest BCUT2D eigenvalue weighted by Crippen LogP contribution is 2.23. The van der Waals surface area contributed by atoms with Crippen LogP contribution in [0.2, 0.25) is 0 Å². The lowest BCUT2D eigenvalue weighted by molar-refractivity contribution is 0.101. The molecule has 0 fully saturated rings. The third-order valence-corrected chi connectivity index (χ3v) is 3.63. The molecule has 1 heterocycles. The van der Waals surface area contributed by atoms with Crippen molar-refractivity contribution in [3.05, 3.63) is 58.9 Å². The van der Waals surface area contributed by atoms with Gasteiger partial charge in [0.2, 0.25) is 4.77 Å². The van der Waals surface area contributed by atoms with E-state index in [0.29, 0.717) is 16.2 Å². The topological polar surface area (TPSA) is 60.9 Å². The molecular formula is C16H13N3OS. The molecule has 0 aliphatic heterocycles. The Morgan fingerprint density at radius 3 is 2.48 bits per heavy atom. The lowest BCUT2D eigenvalue weighted by Crippen LogP contribution is -2.07. The second kappa shape index (κ2) is 5.10. The van der Waals surface area contributed by atoms with E-state index < -0.39 is 0 Å². The van der Waals surface area contributed by atoms with Gasteiger partial charge in [-0.05, 0) is 55.5 Å². The molecule has 5 heteroatoms. The lowest BCUT2D eigenvalue weighted by atomic mass is 10.1. The van der Waals surface area contributed by atoms with Crippen molar-refractivity contribution in [2.45, 2.75) is 6.92 Å². The minimum Gasteiger partial charge on any atom is -0.384 e. The van der Waals surface area contributed by atoms with Crippen LogP contribution in [-0.4, -0.2) is 15.3 Å². The highest BCUT2D eigenvalue weighted by atomic mass is 32.1. The van der Waals surface area contributed by atoms with Crippen LogP contribution in [0.5, 0.6) is 0 Å². The summed E-state index contributed by atoms with van der Waals surface area (Å²) >= 11 is 5.34. The maximum Gasteiger partial charge on any atom is 0.206 e. The molecule has 0 bridgehead atoms. The Kier molecular flexibility index (Phi) is 3.27. The van der Waals surface area contributed by atoms with Crippen molar-refractivity contribution in [3.63, 3.8) is 0 Å². The van der Waals surface area contributed by atoms with Crippen molar-refractivity contribution in [2.24, 2.45) is 0 Å². The molecular weight excluding hydrogens is 282 g/mol. The van der Waals surface area contributed by atoms with E-state index in [1.807, 2.05) is 36.4 Å². The summed E-state index contributed by atoms with van der Waals surface area (Å²) in [5.74, 6) is 0.566. The molecule has 1 aromatic heterocycles. The minimum atomic E-state index is 0.0229. The SMILES string of the molecule is CC(=O)c1ccc(-n2c(N)c3ccccc3nc2=S)cc1. The normalized spacial score (nSPS) is 10.7. The highest BCUT2D eigenvalue weighted by molar-refractivity contribution is 7.71. The van der Waals surface area contributed by atoms with E-state index in [1.165, 1.54) is 6.92 Å². The van der Waals surface area contributed by atoms with E-state index in [-0.39, 0.29) is 5.78 Å². The summed E-state index contributed by atoms with van der Waals surface area (Å²) in [5.41, 5.74) is 8.46. The Labute approximate surface area is 126 Å². The van der Waals surface area contributed by atoms with Gasteiger partial charge in [-0.25, -0.2) is 4.98 Å². The summed E-state index contributed by atoms with van der Waals surface area (Å²) in [6.07, 6.45) is 0. The second-order valence-corrected chi connectivity index (χ2v) is 5.10. The first kappa shape index (κ1) is 13.5. The van der Waals surface area contributed by atoms with Gasteiger partial charge in [0.05, 0.1) is 5.52 Å². The first-order valence-corrected chi connectivity index (χ1v) is 6.87. The van der Waals surface area contributed by atoms with Gasteiger partial charge in [-0.2, -0.15) is 0 Å². The number of nitrogen functional groups attached to an aromatic ring is 1. The zero-order valence-corrected chi connectivity index (χ0v) is 12.2. The fraction of sp³-hybridized carbons (Fsp3) is 0.0625. The Hall–Kier alpha value is -2.53. The lowest BCUT2D eigenvalue weighted by Gasteiger charge is -2.13. The van der Waals surface area contributed by atoms with Gasteiger partial charge in [-0.15, -0.1) is 0 Å². The smallest absolute Gasteiger partial charge is 0.206 e. The molecule has 21 heavy (non-hydrogen) atoms. The van der Waals surface area contributed by atoms with Crippen molar-refractivity contribution in [1.29, 1.82) is 0 Å². The fourth-order valence-corrected chi connectivity index (χ4v) is 2.56. The number of carbonyl (C=O) groups excluding carboxylic acids is 1. The molecule has 0 unspecified atom stereocenters. The van der Waals surface area contributed by atoms with Gasteiger partial charge in [0.1, 0.15) is 5.82 Å². The number of carbonyl (C=O) groups is 1. The largest absolute Gasteiger partial charge is 0.384 e. The number of rotatable bonds is 2. The van der Waals surface area contributed by atoms with Crippen molar-refractivity contribution in [3.8, 4) is 5.69 Å². The number of nitrogens with two attached hydrogens (primary N) is 1. The van der Waals surface area contributed by atoms with Gasteiger partial charge in [0.25, 0.3) is 0 Å². The van der Waals surface area contributed by atoms with E-state index in [9.17, 15) is 4.79 Å². The van der Waals surface area contributed by atoms with Crippen molar-refractivity contribution < 1.29 is 4.79 Å². The summed E-state index contributed by atoms with van der Waals surface area (Å²) in [7, 11) is 0. The predicted molar refractivity (Wildman–Crippen MR) is 86.3 cm³/mol. The molecule has 0 spiro atoms. The number of anilines is 1. The average Bonchev–Trinajstić information content (AvgIpc) is 2.48. The van der Waals surface area contributed by atoms with Crippen LogP contribution >= 0.6 is 12.2 Å². The third-order valence-electron chi connectivity index (χ3n) is 3.36. The van der Waals surface area contributed by atoms with Crippen LogP contribution < -0.4 is 5.73 Å². The van der Waals surface area contributed by atoms with Gasteiger partial charge in [-0.1, -0.05) is 12.1 Å². The van der Waals surface area contributed by atoms with Gasteiger partial charge in [0, 0.05) is 16.6 Å². The zero-order chi connectivity index (χ0) is 15.0. The summed E-state index contributed by atoms with van der Waals surface area (Å²) < 4.78 is 2.10. The Morgan fingerprint density at radius 2 is 1.81 bits per heavy atom. The quantitative estimate of drug-likeness (QED) is 0.580. The molecule has 0 aliphatic rings. The molecule has 0 amide bonds. The summed E-state index contributed by atoms with van der Waals surface area (Å²) in [4.78, 5) is 15.7. The third kappa shape index (κ3) is 2.32. The fourth-order valence-electron chi connectivity index (χ4n) is 2.26. The van der Waals surface area contributed by atoms with Crippen LogP contribution in [0.4, 0.5) is 5.82 Å². The molecule has 104 valence electrons. The molecule has 2 N–H and O–H groups in total. The van der Waals surface area contributed by atoms with E-state index >= 15 is 0 Å². The Bertz CT molecular complexity index is 898. The van der Waals surface area contributed by atoms with Gasteiger partial charge in [0.15, 0.2) is 5.78 Å². The summed E-state index contributed by atoms with van der Waals surface area (Å²) in [6, 6.07) is 14.8. The summed E-state index contributed by atoms with van der Waals surface area (Å²) in [6.45, 7) is 1.53. The van der Waals surface area contributed by atoms with Crippen LogP contribution in [-0.2, 0) is 0 Å². The van der Waals surface area contributed by atoms with Gasteiger partial charge in [-0.3, -0.25) is 9.36 Å². The van der Waals surface area contributed by atoms with Gasteiger partial charge >= 0.3 is 0 Å². The number of para-hydroxylation sites is 1. The van der Waals surface area contributed by atoms with Crippen LogP contribution in [0.25, 0.3) is 16.6 Å².